The molecule has 0 spiro atoms. The Morgan fingerprint density at radius 3 is 2.65 bits per heavy atom. The van der Waals surface area contributed by atoms with Gasteiger partial charge < -0.3 is 9.84 Å². The van der Waals surface area contributed by atoms with Crippen LogP contribution in [-0.2, 0) is 6.42 Å². The van der Waals surface area contributed by atoms with Gasteiger partial charge in [-0.15, -0.1) is 0 Å². The first-order valence-electron chi connectivity index (χ1n) is 6.28. The molecule has 0 aromatic heterocycles. The lowest BCUT2D eigenvalue weighted by Gasteiger charge is -2.15. The van der Waals surface area contributed by atoms with Gasteiger partial charge >= 0.3 is 0 Å². The molecular weight excluding hydrogens is 323 g/mol. The maximum Gasteiger partial charge on any atom is 0.165 e. The van der Waals surface area contributed by atoms with E-state index in [1.165, 1.54) is 13.2 Å². The second-order valence-corrected chi connectivity index (χ2v) is 5.61. The smallest absolute Gasteiger partial charge is 0.165 e. The molecule has 0 aliphatic rings. The van der Waals surface area contributed by atoms with Gasteiger partial charge in [-0.1, -0.05) is 28.1 Å². The predicted molar refractivity (Wildman–Crippen MR) is 80.5 cm³/mol. The molecule has 0 bridgehead atoms. The van der Waals surface area contributed by atoms with Gasteiger partial charge in [-0.25, -0.2) is 4.39 Å². The van der Waals surface area contributed by atoms with Crippen molar-refractivity contribution in [3.05, 3.63) is 63.4 Å². The Kier molecular flexibility index (Phi) is 4.78. The molecule has 0 amide bonds. The van der Waals surface area contributed by atoms with Crippen LogP contribution in [0.5, 0.6) is 5.75 Å². The molecule has 2 rings (SSSR count). The molecule has 1 atom stereocenters. The van der Waals surface area contributed by atoms with Crippen LogP contribution < -0.4 is 4.74 Å². The van der Waals surface area contributed by atoms with E-state index in [1.54, 1.807) is 12.1 Å². The average molecular weight is 339 g/mol. The number of aliphatic hydroxyl groups is 1. The van der Waals surface area contributed by atoms with Crippen molar-refractivity contribution in [3.8, 4) is 5.75 Å². The lowest BCUT2D eigenvalue weighted by molar-refractivity contribution is 0.177. The standard InChI is InChI=1S/C16H16BrFO2/c1-10-3-5-12(17)9-13(10)15(19)8-11-4-6-16(20-2)14(18)7-11/h3-7,9,15,19H,8H2,1-2H3. The summed E-state index contributed by atoms with van der Waals surface area (Å²) in [5, 5.41) is 10.3. The maximum atomic E-state index is 13.6. The molecule has 20 heavy (non-hydrogen) atoms. The molecule has 0 heterocycles. The molecule has 0 aliphatic carbocycles. The van der Waals surface area contributed by atoms with Gasteiger partial charge in [-0.2, -0.15) is 0 Å². The Bertz CT molecular complexity index is 613. The van der Waals surface area contributed by atoms with Gasteiger partial charge in [-0.05, 0) is 47.9 Å². The molecule has 1 N–H and O–H groups in total. The lowest BCUT2D eigenvalue weighted by atomic mass is 9.98. The average Bonchev–Trinajstić information content (AvgIpc) is 2.41. The quantitative estimate of drug-likeness (QED) is 0.905. The topological polar surface area (TPSA) is 29.5 Å². The van der Waals surface area contributed by atoms with Gasteiger partial charge in [0.2, 0.25) is 0 Å². The Morgan fingerprint density at radius 2 is 2.00 bits per heavy atom. The summed E-state index contributed by atoms with van der Waals surface area (Å²) >= 11 is 3.39. The number of aryl methyl sites for hydroxylation is 1. The summed E-state index contributed by atoms with van der Waals surface area (Å²) in [4.78, 5) is 0. The van der Waals surface area contributed by atoms with Gasteiger partial charge in [0.25, 0.3) is 0 Å². The summed E-state index contributed by atoms with van der Waals surface area (Å²) in [6.45, 7) is 1.94. The fourth-order valence-electron chi connectivity index (χ4n) is 2.14. The molecule has 2 aromatic carbocycles. The summed E-state index contributed by atoms with van der Waals surface area (Å²) < 4.78 is 19.4. The summed E-state index contributed by atoms with van der Waals surface area (Å²) in [5.74, 6) is -0.204. The van der Waals surface area contributed by atoms with E-state index in [0.717, 1.165) is 21.2 Å². The molecule has 0 saturated heterocycles. The number of hydrogen-bond acceptors (Lipinski definition) is 2. The number of benzene rings is 2. The summed E-state index contributed by atoms with van der Waals surface area (Å²) in [6.07, 6.45) is -0.307. The van der Waals surface area contributed by atoms with Crippen LogP contribution in [0.2, 0.25) is 0 Å². The van der Waals surface area contributed by atoms with Crippen LogP contribution in [0.25, 0.3) is 0 Å². The minimum Gasteiger partial charge on any atom is -0.494 e. The van der Waals surface area contributed by atoms with E-state index in [9.17, 15) is 9.50 Å². The van der Waals surface area contributed by atoms with E-state index < -0.39 is 11.9 Å². The highest BCUT2D eigenvalue weighted by molar-refractivity contribution is 9.10. The molecule has 106 valence electrons. The third-order valence-corrected chi connectivity index (χ3v) is 3.74. The van der Waals surface area contributed by atoms with Crippen LogP contribution in [0.1, 0.15) is 22.8 Å². The maximum absolute atomic E-state index is 13.6. The minimum atomic E-state index is -0.666. The van der Waals surface area contributed by atoms with Crippen molar-refractivity contribution in [1.82, 2.24) is 0 Å². The van der Waals surface area contributed by atoms with E-state index in [1.807, 2.05) is 25.1 Å². The van der Waals surface area contributed by atoms with Gasteiger partial charge in [0.15, 0.2) is 11.6 Å². The monoisotopic (exact) mass is 338 g/mol. The van der Waals surface area contributed by atoms with E-state index in [2.05, 4.69) is 15.9 Å². The Morgan fingerprint density at radius 1 is 1.25 bits per heavy atom. The number of aliphatic hydroxyl groups excluding tert-OH is 1. The van der Waals surface area contributed by atoms with Crippen LogP contribution in [-0.4, -0.2) is 12.2 Å². The molecule has 0 aliphatic heterocycles. The van der Waals surface area contributed by atoms with Crippen molar-refractivity contribution in [2.24, 2.45) is 0 Å². The molecule has 0 saturated carbocycles. The van der Waals surface area contributed by atoms with Gasteiger partial charge in [0.05, 0.1) is 13.2 Å². The van der Waals surface area contributed by atoms with E-state index >= 15 is 0 Å². The van der Waals surface area contributed by atoms with Crippen LogP contribution in [0.4, 0.5) is 4.39 Å². The third-order valence-electron chi connectivity index (χ3n) is 3.25. The van der Waals surface area contributed by atoms with Crippen molar-refractivity contribution in [3.63, 3.8) is 0 Å². The first kappa shape index (κ1) is 15.0. The first-order valence-corrected chi connectivity index (χ1v) is 7.07. The van der Waals surface area contributed by atoms with Crippen LogP contribution in [0.3, 0.4) is 0 Å². The fourth-order valence-corrected chi connectivity index (χ4v) is 2.52. The van der Waals surface area contributed by atoms with Crippen molar-refractivity contribution in [2.75, 3.05) is 7.11 Å². The van der Waals surface area contributed by atoms with Crippen molar-refractivity contribution < 1.29 is 14.2 Å². The molecule has 2 nitrogen and oxygen atoms in total. The zero-order valence-corrected chi connectivity index (χ0v) is 12.9. The summed E-state index contributed by atoms with van der Waals surface area (Å²) in [6, 6.07) is 10.5. The summed E-state index contributed by atoms with van der Waals surface area (Å²) in [5.41, 5.74) is 2.58. The minimum absolute atomic E-state index is 0.210. The first-order chi connectivity index (χ1) is 9.51. The van der Waals surface area contributed by atoms with E-state index in [4.69, 9.17) is 4.74 Å². The number of halogens is 2. The van der Waals surface area contributed by atoms with Crippen molar-refractivity contribution >= 4 is 15.9 Å². The second-order valence-electron chi connectivity index (χ2n) is 4.69. The molecule has 4 heteroatoms. The van der Waals surface area contributed by atoms with Gasteiger partial charge in [0, 0.05) is 10.9 Å². The Hall–Kier alpha value is -1.39. The molecule has 0 radical (unpaired) electrons. The SMILES string of the molecule is COc1ccc(CC(O)c2cc(Br)ccc2C)cc1F. The van der Waals surface area contributed by atoms with Crippen LogP contribution in [0.15, 0.2) is 40.9 Å². The highest BCUT2D eigenvalue weighted by Crippen LogP contribution is 2.26. The molecule has 1 unspecified atom stereocenters. The van der Waals surface area contributed by atoms with Crippen LogP contribution >= 0.6 is 15.9 Å². The highest BCUT2D eigenvalue weighted by Gasteiger charge is 2.13. The van der Waals surface area contributed by atoms with Gasteiger partial charge in [0.1, 0.15) is 0 Å². The Balaban J connectivity index is 2.21. The third kappa shape index (κ3) is 3.38. The zero-order chi connectivity index (χ0) is 14.7. The fraction of sp³-hybridized carbons (Fsp3) is 0.250. The van der Waals surface area contributed by atoms with Gasteiger partial charge in [-0.3, -0.25) is 0 Å². The largest absolute Gasteiger partial charge is 0.494 e. The predicted octanol–water partition coefficient (Wildman–Crippen LogP) is 4.18. The molecular formula is C16H16BrFO2. The number of rotatable bonds is 4. The van der Waals surface area contributed by atoms with Crippen molar-refractivity contribution in [1.29, 1.82) is 0 Å². The molecule has 2 aromatic rings. The second kappa shape index (κ2) is 6.37. The number of methoxy groups -OCH3 is 1. The zero-order valence-electron chi connectivity index (χ0n) is 11.4. The number of ether oxygens (including phenoxy) is 1. The van der Waals surface area contributed by atoms with Crippen LogP contribution in [0, 0.1) is 12.7 Å². The van der Waals surface area contributed by atoms with E-state index in [-0.39, 0.29) is 5.75 Å². The number of hydrogen-bond donors (Lipinski definition) is 1. The van der Waals surface area contributed by atoms with Crippen molar-refractivity contribution in [2.45, 2.75) is 19.4 Å². The Labute approximate surface area is 126 Å². The normalized spacial score (nSPS) is 12.2. The van der Waals surface area contributed by atoms with E-state index in [0.29, 0.717) is 6.42 Å². The lowest BCUT2D eigenvalue weighted by Crippen LogP contribution is -2.04. The molecule has 0 fully saturated rings. The summed E-state index contributed by atoms with van der Waals surface area (Å²) in [7, 11) is 1.43. The highest BCUT2D eigenvalue weighted by atomic mass is 79.9.